The number of hydrogen-bond acceptors (Lipinski definition) is 3. The van der Waals surface area contributed by atoms with Gasteiger partial charge in [0.15, 0.2) is 0 Å². The first kappa shape index (κ1) is 13.9. The van der Waals surface area contributed by atoms with E-state index in [4.69, 9.17) is 11.6 Å². The lowest BCUT2D eigenvalue weighted by Crippen LogP contribution is -2.22. The predicted octanol–water partition coefficient (Wildman–Crippen LogP) is 3.64. The Hall–Kier alpha value is -1.01. The molecule has 1 N–H and O–H groups in total. The Kier molecular flexibility index (Phi) is 3.77. The van der Waals surface area contributed by atoms with Gasteiger partial charge >= 0.3 is 0 Å². The molecule has 0 aliphatic carbocycles. The Balaban J connectivity index is 1.88. The highest BCUT2D eigenvalue weighted by Gasteiger charge is 2.30. The molecule has 104 valence electrons. The topological polar surface area (TPSA) is 36.4 Å². The lowest BCUT2D eigenvalue weighted by Gasteiger charge is -2.21. The van der Waals surface area contributed by atoms with Crippen molar-refractivity contribution in [1.82, 2.24) is 9.88 Å². The number of halogens is 3. The van der Waals surface area contributed by atoms with E-state index in [0.717, 1.165) is 11.3 Å². The minimum absolute atomic E-state index is 0.232. The minimum atomic E-state index is -0.780. The maximum Gasteiger partial charge on any atom is 0.136 e. The van der Waals surface area contributed by atoms with Gasteiger partial charge in [0.2, 0.25) is 0 Å². The Morgan fingerprint density at radius 3 is 3.00 bits per heavy atom. The van der Waals surface area contributed by atoms with Gasteiger partial charge in [-0.1, -0.05) is 33.6 Å². The van der Waals surface area contributed by atoms with E-state index in [1.54, 1.807) is 23.2 Å². The summed E-state index contributed by atoms with van der Waals surface area (Å²) in [6.45, 7) is 0.707. The number of benzene rings is 1. The van der Waals surface area contributed by atoms with Crippen LogP contribution in [0, 0.1) is 5.82 Å². The van der Waals surface area contributed by atoms with Crippen molar-refractivity contribution in [2.45, 2.75) is 19.3 Å². The first-order chi connectivity index (χ1) is 9.56. The summed E-state index contributed by atoms with van der Waals surface area (Å²) in [5.41, 5.74) is 1.96. The van der Waals surface area contributed by atoms with E-state index >= 15 is 0 Å². The summed E-state index contributed by atoms with van der Waals surface area (Å²) in [4.78, 5) is 5.96. The summed E-state index contributed by atoms with van der Waals surface area (Å²) in [6, 6.07) is 6.62. The average Bonchev–Trinajstić information content (AvgIpc) is 2.71. The first-order valence-corrected chi connectivity index (χ1v) is 7.22. The molecule has 0 radical (unpaired) electrons. The van der Waals surface area contributed by atoms with Gasteiger partial charge in [0.05, 0.1) is 5.69 Å². The molecular weight excluding hydrogens is 347 g/mol. The van der Waals surface area contributed by atoms with Gasteiger partial charge in [0, 0.05) is 39.9 Å². The highest BCUT2D eigenvalue weighted by Crippen LogP contribution is 2.34. The molecule has 3 nitrogen and oxygen atoms in total. The average molecular weight is 358 g/mol. The van der Waals surface area contributed by atoms with Gasteiger partial charge in [-0.25, -0.2) is 4.39 Å². The van der Waals surface area contributed by atoms with E-state index in [0.29, 0.717) is 21.6 Å². The number of rotatable bonds is 2. The summed E-state index contributed by atoms with van der Waals surface area (Å²) in [7, 11) is 0. The molecule has 0 bridgehead atoms. The third-order valence-corrected chi connectivity index (χ3v) is 4.16. The van der Waals surface area contributed by atoms with Gasteiger partial charge < -0.3 is 5.11 Å². The zero-order valence-corrected chi connectivity index (χ0v) is 12.7. The van der Waals surface area contributed by atoms with Gasteiger partial charge in [-0.15, -0.1) is 0 Å². The van der Waals surface area contributed by atoms with Crippen LogP contribution in [0.5, 0.6) is 0 Å². The maximum atomic E-state index is 14.0. The van der Waals surface area contributed by atoms with Crippen LogP contribution in [-0.4, -0.2) is 15.0 Å². The van der Waals surface area contributed by atoms with Crippen molar-refractivity contribution in [3.05, 3.63) is 62.6 Å². The molecule has 0 fully saturated rings. The number of hydrogen-bond donors (Lipinski definition) is 1. The number of nitrogens with zero attached hydrogens (tertiary/aromatic N) is 2. The van der Waals surface area contributed by atoms with Crippen molar-refractivity contribution in [3.8, 4) is 0 Å². The van der Waals surface area contributed by atoms with Crippen molar-refractivity contribution >= 4 is 27.5 Å². The van der Waals surface area contributed by atoms with Crippen LogP contribution in [0.4, 0.5) is 4.39 Å². The second-order valence-corrected chi connectivity index (χ2v) is 5.99. The van der Waals surface area contributed by atoms with E-state index in [2.05, 4.69) is 20.9 Å². The number of aliphatic hydroxyl groups excluding tert-OH is 1. The summed E-state index contributed by atoms with van der Waals surface area (Å²) < 4.78 is 14.6. The Morgan fingerprint density at radius 2 is 2.30 bits per heavy atom. The third-order valence-electron chi connectivity index (χ3n) is 3.37. The summed E-state index contributed by atoms with van der Waals surface area (Å²) in [5, 5.41) is 10.6. The highest BCUT2D eigenvalue weighted by molar-refractivity contribution is 9.10. The second-order valence-electron chi connectivity index (χ2n) is 4.67. The molecule has 1 atom stereocenters. The molecule has 1 aliphatic rings. The second kappa shape index (κ2) is 5.41. The van der Waals surface area contributed by atoms with Gasteiger partial charge in [-0.05, 0) is 18.2 Å². The Labute approximate surface area is 129 Å². The van der Waals surface area contributed by atoms with Gasteiger partial charge in [-0.3, -0.25) is 9.88 Å². The van der Waals surface area contributed by atoms with Crippen LogP contribution in [0.15, 0.2) is 34.9 Å². The van der Waals surface area contributed by atoms with Crippen LogP contribution in [-0.2, 0) is 13.1 Å². The molecule has 20 heavy (non-hydrogen) atoms. The quantitative estimate of drug-likeness (QED) is 0.891. The van der Waals surface area contributed by atoms with E-state index in [1.807, 2.05) is 6.07 Å². The van der Waals surface area contributed by atoms with Crippen LogP contribution >= 0.6 is 27.5 Å². The predicted molar refractivity (Wildman–Crippen MR) is 77.6 cm³/mol. The van der Waals surface area contributed by atoms with E-state index in [1.165, 1.54) is 6.07 Å². The molecule has 2 heterocycles. The fraction of sp³-hybridized carbons (Fsp3) is 0.214. The fourth-order valence-electron chi connectivity index (χ4n) is 2.36. The monoisotopic (exact) mass is 356 g/mol. The van der Waals surface area contributed by atoms with E-state index in [9.17, 15) is 9.50 Å². The van der Waals surface area contributed by atoms with E-state index < -0.39 is 6.23 Å². The third kappa shape index (κ3) is 2.46. The van der Waals surface area contributed by atoms with Crippen molar-refractivity contribution in [3.63, 3.8) is 0 Å². The summed E-state index contributed by atoms with van der Waals surface area (Å²) >= 11 is 9.28. The molecule has 1 aliphatic heterocycles. The largest absolute Gasteiger partial charge is 0.374 e. The van der Waals surface area contributed by atoms with Gasteiger partial charge in [-0.2, -0.15) is 0 Å². The lowest BCUT2D eigenvalue weighted by molar-refractivity contribution is 0.00696. The van der Waals surface area contributed by atoms with Gasteiger partial charge in [0.1, 0.15) is 12.0 Å². The van der Waals surface area contributed by atoms with Crippen molar-refractivity contribution in [2.24, 2.45) is 0 Å². The Bertz CT molecular complexity index is 644. The van der Waals surface area contributed by atoms with E-state index in [-0.39, 0.29) is 12.4 Å². The molecule has 0 amide bonds. The maximum absolute atomic E-state index is 14.0. The SMILES string of the molecule is OC1c2cccnc2CN1Cc1c(F)cc(Br)cc1Cl. The van der Waals surface area contributed by atoms with Crippen LogP contribution in [0.3, 0.4) is 0 Å². The number of aromatic nitrogens is 1. The molecule has 1 aromatic carbocycles. The number of fused-ring (bicyclic) bond motifs is 1. The smallest absolute Gasteiger partial charge is 0.136 e. The van der Waals surface area contributed by atoms with Crippen LogP contribution in [0.2, 0.25) is 5.02 Å². The molecule has 0 saturated heterocycles. The fourth-order valence-corrected chi connectivity index (χ4v) is 3.19. The van der Waals surface area contributed by atoms with Crippen LogP contribution in [0.1, 0.15) is 23.0 Å². The Morgan fingerprint density at radius 1 is 1.50 bits per heavy atom. The minimum Gasteiger partial charge on any atom is -0.374 e. The summed E-state index contributed by atoms with van der Waals surface area (Å²) in [5.74, 6) is -0.388. The zero-order chi connectivity index (χ0) is 14.3. The first-order valence-electron chi connectivity index (χ1n) is 6.05. The standard InChI is InChI=1S/C14H11BrClFN2O/c15-8-4-11(16)10(12(17)5-8)6-19-7-13-9(14(19)20)2-1-3-18-13/h1-5,14,20H,6-7H2. The van der Waals surface area contributed by atoms with Crippen LogP contribution in [0.25, 0.3) is 0 Å². The normalized spacial score (nSPS) is 18.3. The lowest BCUT2D eigenvalue weighted by atomic mass is 10.2. The van der Waals surface area contributed by atoms with Crippen molar-refractivity contribution in [2.75, 3.05) is 0 Å². The zero-order valence-electron chi connectivity index (χ0n) is 10.4. The molecule has 1 unspecified atom stereocenters. The van der Waals surface area contributed by atoms with Gasteiger partial charge in [0.25, 0.3) is 0 Å². The summed E-state index contributed by atoms with van der Waals surface area (Å²) in [6.07, 6.45) is 0.903. The van der Waals surface area contributed by atoms with Crippen molar-refractivity contribution in [1.29, 1.82) is 0 Å². The van der Waals surface area contributed by atoms with Crippen LogP contribution < -0.4 is 0 Å². The molecule has 1 aromatic heterocycles. The molecule has 3 rings (SSSR count). The number of pyridine rings is 1. The molecular formula is C14H11BrClFN2O. The molecule has 6 heteroatoms. The highest BCUT2D eigenvalue weighted by atomic mass is 79.9. The van der Waals surface area contributed by atoms with Crippen molar-refractivity contribution < 1.29 is 9.50 Å². The number of aliphatic hydroxyl groups is 1. The molecule has 0 saturated carbocycles. The molecule has 2 aromatic rings. The molecule has 0 spiro atoms.